The molecule has 1 aromatic carbocycles. The zero-order valence-corrected chi connectivity index (χ0v) is 22.0. The van der Waals surface area contributed by atoms with Gasteiger partial charge in [-0.05, 0) is 25.8 Å². The summed E-state index contributed by atoms with van der Waals surface area (Å²) in [4.78, 5) is 45.1. The second kappa shape index (κ2) is 11.7. The van der Waals surface area contributed by atoms with Crippen LogP contribution in [0.2, 0.25) is 5.02 Å². The Bertz CT molecular complexity index is 1140. The number of carbonyl (C=O) groups is 3. The van der Waals surface area contributed by atoms with Gasteiger partial charge < -0.3 is 31.4 Å². The number of hydrogen-bond donors (Lipinski definition) is 4. The number of nitrogens with two attached hydrogens (primary N) is 1. The van der Waals surface area contributed by atoms with E-state index < -0.39 is 28.8 Å². The molecule has 5 N–H and O–H groups in total. The first kappa shape index (κ1) is 28.1. The number of hydrogen-bond acceptors (Lipinski definition) is 7. The van der Waals surface area contributed by atoms with E-state index in [-0.39, 0.29) is 44.2 Å². The maximum Gasteiger partial charge on any atom is 0.248 e. The SMILES string of the molecule is CNC(=O)[C@]1(Cc2ccccc2)CN(C(=O)[C@@H](COc2cncc(Cl)c2)NC(=O)C(C)(C)N)CCC1=N. The summed E-state index contributed by atoms with van der Waals surface area (Å²) in [5.41, 5.74) is 4.59. The van der Waals surface area contributed by atoms with Crippen LogP contribution < -0.4 is 21.1 Å². The van der Waals surface area contributed by atoms with E-state index in [0.717, 1.165) is 5.56 Å². The number of amides is 3. The molecule has 2 heterocycles. The zero-order valence-electron chi connectivity index (χ0n) is 21.2. The molecule has 37 heavy (non-hydrogen) atoms. The van der Waals surface area contributed by atoms with Gasteiger partial charge in [-0.3, -0.25) is 19.4 Å². The lowest BCUT2D eigenvalue weighted by atomic mass is 9.72. The molecule has 0 unspecified atom stereocenters. The van der Waals surface area contributed by atoms with E-state index in [1.54, 1.807) is 6.07 Å². The molecule has 3 amide bonds. The van der Waals surface area contributed by atoms with Gasteiger partial charge in [0.1, 0.15) is 23.8 Å². The van der Waals surface area contributed by atoms with E-state index in [1.165, 1.54) is 38.2 Å². The highest BCUT2D eigenvalue weighted by molar-refractivity contribution is 6.30. The van der Waals surface area contributed by atoms with Crippen LogP contribution >= 0.6 is 11.6 Å². The summed E-state index contributed by atoms with van der Waals surface area (Å²) in [6.07, 6.45) is 3.37. The van der Waals surface area contributed by atoms with Crippen LogP contribution in [0.4, 0.5) is 0 Å². The highest BCUT2D eigenvalue weighted by atomic mass is 35.5. The molecular weight excluding hydrogens is 496 g/mol. The summed E-state index contributed by atoms with van der Waals surface area (Å²) in [5, 5.41) is 14.4. The second-order valence-electron chi connectivity index (χ2n) is 9.71. The Morgan fingerprint density at radius 3 is 2.59 bits per heavy atom. The van der Waals surface area contributed by atoms with Crippen molar-refractivity contribution < 1.29 is 19.1 Å². The van der Waals surface area contributed by atoms with E-state index in [9.17, 15) is 14.4 Å². The summed E-state index contributed by atoms with van der Waals surface area (Å²) >= 11 is 5.98. The maximum atomic E-state index is 13.8. The van der Waals surface area contributed by atoms with Crippen LogP contribution in [0.3, 0.4) is 0 Å². The summed E-state index contributed by atoms with van der Waals surface area (Å²) in [6, 6.07) is 9.83. The number of likely N-dealkylation sites (tertiary alicyclic amines) is 1. The normalized spacial score (nSPS) is 18.6. The van der Waals surface area contributed by atoms with Crippen molar-refractivity contribution in [1.29, 1.82) is 5.41 Å². The van der Waals surface area contributed by atoms with E-state index in [1.807, 2.05) is 30.3 Å². The zero-order chi connectivity index (χ0) is 27.2. The standard InChI is InChI=1S/C26H33ClN6O4/c1-25(2,29)23(35)32-20(15-37-19-11-18(27)13-31-14-19)22(34)33-10-9-21(28)26(16-33,24(36)30-3)12-17-7-5-4-6-8-17/h4-8,11,13-14,20,28H,9-10,12,15-16,29H2,1-3H3,(H,30,36)(H,32,35)/t20-,26-/m1/s1. The van der Waals surface area contributed by atoms with Crippen molar-refractivity contribution in [2.24, 2.45) is 11.1 Å². The molecule has 2 aromatic rings. The predicted molar refractivity (Wildman–Crippen MR) is 141 cm³/mol. The first-order chi connectivity index (χ1) is 17.5. The fourth-order valence-corrected chi connectivity index (χ4v) is 4.36. The van der Waals surface area contributed by atoms with Gasteiger partial charge in [0.2, 0.25) is 17.7 Å². The Kier molecular flexibility index (Phi) is 8.88. The minimum Gasteiger partial charge on any atom is -0.489 e. The average Bonchev–Trinajstić information content (AvgIpc) is 2.86. The fourth-order valence-electron chi connectivity index (χ4n) is 4.20. The number of piperidine rings is 1. The van der Waals surface area contributed by atoms with Crippen molar-refractivity contribution in [2.45, 2.75) is 38.3 Å². The molecule has 10 nitrogen and oxygen atoms in total. The molecule has 0 radical (unpaired) electrons. The molecule has 0 saturated carbocycles. The number of nitrogens with zero attached hydrogens (tertiary/aromatic N) is 2. The predicted octanol–water partition coefficient (Wildman–Crippen LogP) is 1.56. The third-order valence-electron chi connectivity index (χ3n) is 6.28. The van der Waals surface area contributed by atoms with Gasteiger partial charge in [0.15, 0.2) is 0 Å². The lowest BCUT2D eigenvalue weighted by Gasteiger charge is -2.43. The molecule has 1 aliphatic rings. The van der Waals surface area contributed by atoms with Crippen molar-refractivity contribution in [3.8, 4) is 5.75 Å². The molecular formula is C26H33ClN6O4. The van der Waals surface area contributed by atoms with Gasteiger partial charge in [-0.1, -0.05) is 41.9 Å². The quantitative estimate of drug-likeness (QED) is 0.388. The lowest BCUT2D eigenvalue weighted by molar-refractivity contribution is -0.141. The van der Waals surface area contributed by atoms with Crippen LogP contribution in [-0.4, -0.2) is 71.6 Å². The third-order valence-corrected chi connectivity index (χ3v) is 6.48. The first-order valence-electron chi connectivity index (χ1n) is 11.9. The van der Waals surface area contributed by atoms with Gasteiger partial charge in [0.05, 0.1) is 16.8 Å². The van der Waals surface area contributed by atoms with Gasteiger partial charge in [-0.25, -0.2) is 0 Å². The van der Waals surface area contributed by atoms with Crippen molar-refractivity contribution in [3.63, 3.8) is 0 Å². The fraction of sp³-hybridized carbons (Fsp3) is 0.423. The van der Waals surface area contributed by atoms with Crippen LogP contribution in [0, 0.1) is 10.8 Å². The summed E-state index contributed by atoms with van der Waals surface area (Å²) in [6.45, 7) is 3.07. The smallest absolute Gasteiger partial charge is 0.248 e. The molecule has 3 rings (SSSR count). The third kappa shape index (κ3) is 6.84. The van der Waals surface area contributed by atoms with Crippen molar-refractivity contribution in [3.05, 3.63) is 59.4 Å². The van der Waals surface area contributed by atoms with E-state index >= 15 is 0 Å². The highest BCUT2D eigenvalue weighted by Crippen LogP contribution is 2.32. The second-order valence-corrected chi connectivity index (χ2v) is 10.1. The largest absolute Gasteiger partial charge is 0.489 e. The molecule has 11 heteroatoms. The van der Waals surface area contributed by atoms with Crippen LogP contribution in [0.25, 0.3) is 0 Å². The van der Waals surface area contributed by atoms with Gasteiger partial charge in [0, 0.05) is 44.5 Å². The molecule has 1 aromatic heterocycles. The molecule has 0 bridgehead atoms. The van der Waals surface area contributed by atoms with Crippen molar-refractivity contribution >= 4 is 35.0 Å². The Hall–Kier alpha value is -3.50. The molecule has 198 valence electrons. The number of aromatic nitrogens is 1. The Labute approximate surface area is 221 Å². The Morgan fingerprint density at radius 2 is 1.97 bits per heavy atom. The Morgan fingerprint density at radius 1 is 1.27 bits per heavy atom. The van der Waals surface area contributed by atoms with Crippen LogP contribution in [0.5, 0.6) is 5.75 Å². The van der Waals surface area contributed by atoms with Gasteiger partial charge in [0.25, 0.3) is 0 Å². The first-order valence-corrected chi connectivity index (χ1v) is 12.3. The van der Waals surface area contributed by atoms with Crippen molar-refractivity contribution in [1.82, 2.24) is 20.5 Å². The average molecular weight is 529 g/mol. The molecule has 1 fully saturated rings. The number of rotatable bonds is 9. The number of benzene rings is 1. The number of halogens is 1. The number of pyridine rings is 1. The number of carbonyl (C=O) groups excluding carboxylic acids is 3. The monoisotopic (exact) mass is 528 g/mol. The van der Waals surface area contributed by atoms with Crippen LogP contribution in [0.1, 0.15) is 25.8 Å². The number of ether oxygens (including phenoxy) is 1. The molecule has 1 aliphatic heterocycles. The molecule has 0 spiro atoms. The van der Waals surface area contributed by atoms with Crippen LogP contribution in [0.15, 0.2) is 48.8 Å². The molecule has 1 saturated heterocycles. The van der Waals surface area contributed by atoms with Gasteiger partial charge >= 0.3 is 0 Å². The van der Waals surface area contributed by atoms with E-state index in [2.05, 4.69) is 15.6 Å². The summed E-state index contributed by atoms with van der Waals surface area (Å²) in [7, 11) is 1.52. The number of nitrogens with one attached hydrogen (secondary N) is 3. The van der Waals surface area contributed by atoms with E-state index in [4.69, 9.17) is 27.5 Å². The van der Waals surface area contributed by atoms with E-state index in [0.29, 0.717) is 10.8 Å². The summed E-state index contributed by atoms with van der Waals surface area (Å²) < 4.78 is 5.74. The van der Waals surface area contributed by atoms with Crippen molar-refractivity contribution in [2.75, 3.05) is 26.7 Å². The minimum absolute atomic E-state index is 0.0175. The minimum atomic E-state index is -1.25. The highest BCUT2D eigenvalue weighted by Gasteiger charge is 2.48. The van der Waals surface area contributed by atoms with Gasteiger partial charge in [-0.2, -0.15) is 0 Å². The summed E-state index contributed by atoms with van der Waals surface area (Å²) in [5.74, 6) is -0.994. The van der Waals surface area contributed by atoms with Crippen LogP contribution in [-0.2, 0) is 20.8 Å². The lowest BCUT2D eigenvalue weighted by Crippen LogP contribution is -2.63. The maximum absolute atomic E-state index is 13.8. The molecule has 0 aliphatic carbocycles. The molecule has 2 atom stereocenters. The van der Waals surface area contributed by atoms with Gasteiger partial charge in [-0.15, -0.1) is 0 Å². The Balaban J connectivity index is 1.88. The topological polar surface area (TPSA) is 150 Å².